The van der Waals surface area contributed by atoms with Crippen molar-refractivity contribution < 1.29 is 9.18 Å². The molecular formula is C17H12Cl2FN3O. The van der Waals surface area contributed by atoms with Crippen molar-refractivity contribution in [2.45, 2.75) is 6.54 Å². The number of aromatic nitrogens is 2. The van der Waals surface area contributed by atoms with Gasteiger partial charge in [-0.15, -0.1) is 0 Å². The van der Waals surface area contributed by atoms with Crippen molar-refractivity contribution in [1.82, 2.24) is 9.78 Å². The van der Waals surface area contributed by atoms with Crippen LogP contribution in [0.1, 0.15) is 15.9 Å². The molecule has 0 aliphatic heterocycles. The van der Waals surface area contributed by atoms with Gasteiger partial charge >= 0.3 is 0 Å². The topological polar surface area (TPSA) is 46.9 Å². The number of anilines is 1. The van der Waals surface area contributed by atoms with E-state index in [0.717, 1.165) is 0 Å². The highest BCUT2D eigenvalue weighted by molar-refractivity contribution is 6.37. The third kappa shape index (κ3) is 3.75. The van der Waals surface area contributed by atoms with Crippen LogP contribution in [0.25, 0.3) is 0 Å². The highest BCUT2D eigenvalue weighted by Gasteiger charge is 2.12. The zero-order valence-corrected chi connectivity index (χ0v) is 13.9. The molecule has 1 heterocycles. The zero-order chi connectivity index (χ0) is 17.1. The molecule has 3 aromatic rings. The first kappa shape index (κ1) is 16.5. The van der Waals surface area contributed by atoms with E-state index in [1.54, 1.807) is 36.5 Å². The number of halogens is 3. The van der Waals surface area contributed by atoms with E-state index in [2.05, 4.69) is 10.4 Å². The molecule has 2 aromatic carbocycles. The van der Waals surface area contributed by atoms with E-state index in [1.165, 1.54) is 22.9 Å². The summed E-state index contributed by atoms with van der Waals surface area (Å²) >= 11 is 11.8. The SMILES string of the molecule is O=C(Nc1ccn(Cc2ccccc2F)n1)c1ccc(Cl)cc1Cl. The summed E-state index contributed by atoms with van der Waals surface area (Å²) in [7, 11) is 0. The van der Waals surface area contributed by atoms with Crippen LogP contribution < -0.4 is 5.32 Å². The maximum absolute atomic E-state index is 13.7. The molecule has 7 heteroatoms. The van der Waals surface area contributed by atoms with Gasteiger partial charge in [0.15, 0.2) is 5.82 Å². The summed E-state index contributed by atoms with van der Waals surface area (Å²) in [5, 5.41) is 7.56. The third-order valence-corrected chi connectivity index (χ3v) is 3.90. The molecule has 1 amide bonds. The first-order valence-corrected chi connectivity index (χ1v) is 7.82. The van der Waals surface area contributed by atoms with Crippen LogP contribution >= 0.6 is 23.2 Å². The molecule has 0 fully saturated rings. The molecule has 1 N–H and O–H groups in total. The lowest BCUT2D eigenvalue weighted by Gasteiger charge is -2.05. The van der Waals surface area contributed by atoms with Gasteiger partial charge in [0.2, 0.25) is 0 Å². The van der Waals surface area contributed by atoms with Gasteiger partial charge in [0, 0.05) is 22.8 Å². The minimum Gasteiger partial charge on any atom is -0.305 e. The van der Waals surface area contributed by atoms with Crippen LogP contribution in [-0.2, 0) is 6.54 Å². The molecule has 0 spiro atoms. The summed E-state index contributed by atoms with van der Waals surface area (Å²) in [6, 6.07) is 12.7. The first-order valence-electron chi connectivity index (χ1n) is 7.06. The minimum atomic E-state index is -0.396. The predicted octanol–water partition coefficient (Wildman–Crippen LogP) is 4.63. The number of nitrogens with zero attached hydrogens (tertiary/aromatic N) is 2. The molecular weight excluding hydrogens is 352 g/mol. The van der Waals surface area contributed by atoms with Gasteiger partial charge in [0.25, 0.3) is 5.91 Å². The van der Waals surface area contributed by atoms with Crippen LogP contribution in [-0.4, -0.2) is 15.7 Å². The molecule has 1 aromatic heterocycles. The van der Waals surface area contributed by atoms with Crippen molar-refractivity contribution in [3.63, 3.8) is 0 Å². The van der Waals surface area contributed by atoms with Gasteiger partial charge in [0.05, 0.1) is 17.1 Å². The third-order valence-electron chi connectivity index (χ3n) is 3.35. The van der Waals surface area contributed by atoms with Crippen molar-refractivity contribution in [3.05, 3.63) is 81.7 Å². The number of rotatable bonds is 4. The number of nitrogens with one attached hydrogen (secondary N) is 1. The van der Waals surface area contributed by atoms with Gasteiger partial charge in [-0.3, -0.25) is 9.48 Å². The summed E-state index contributed by atoms with van der Waals surface area (Å²) in [5.74, 6) is -0.346. The maximum atomic E-state index is 13.7. The summed E-state index contributed by atoms with van der Waals surface area (Å²) in [4.78, 5) is 12.2. The van der Waals surface area contributed by atoms with Crippen LogP contribution in [0.3, 0.4) is 0 Å². The molecule has 0 atom stereocenters. The average molecular weight is 364 g/mol. The molecule has 0 saturated carbocycles. The van der Waals surface area contributed by atoms with Gasteiger partial charge in [-0.25, -0.2) is 4.39 Å². The fraction of sp³-hybridized carbons (Fsp3) is 0.0588. The second-order valence-corrected chi connectivity index (χ2v) is 5.91. The standard InChI is InChI=1S/C17H12Cl2FN3O/c18-12-5-6-13(14(19)9-12)17(24)21-16-7-8-23(22-16)10-11-3-1-2-4-15(11)20/h1-9H,10H2,(H,21,22,24). The predicted molar refractivity (Wildman–Crippen MR) is 92.1 cm³/mol. The van der Waals surface area contributed by atoms with Crippen LogP contribution in [0.4, 0.5) is 10.2 Å². The summed E-state index contributed by atoms with van der Waals surface area (Å²) in [6.07, 6.45) is 1.66. The quantitative estimate of drug-likeness (QED) is 0.734. The molecule has 4 nitrogen and oxygen atoms in total. The number of carbonyl (C=O) groups excluding carboxylic acids is 1. The van der Waals surface area contributed by atoms with Crippen molar-refractivity contribution in [2.24, 2.45) is 0 Å². The Hall–Kier alpha value is -2.37. The van der Waals surface area contributed by atoms with Crippen LogP contribution in [0.15, 0.2) is 54.7 Å². The van der Waals surface area contributed by atoms with Crippen LogP contribution in [0, 0.1) is 5.82 Å². The Bertz CT molecular complexity index is 895. The highest BCUT2D eigenvalue weighted by Crippen LogP contribution is 2.22. The number of amides is 1. The molecule has 0 aliphatic carbocycles. The average Bonchev–Trinajstić information content (AvgIpc) is 2.96. The van der Waals surface area contributed by atoms with Gasteiger partial charge in [0.1, 0.15) is 5.82 Å². The van der Waals surface area contributed by atoms with Gasteiger partial charge < -0.3 is 5.32 Å². The molecule has 0 unspecified atom stereocenters. The number of carbonyl (C=O) groups is 1. The van der Waals surface area contributed by atoms with E-state index in [0.29, 0.717) is 22.0 Å². The number of benzene rings is 2. The van der Waals surface area contributed by atoms with Crippen molar-refractivity contribution in [2.75, 3.05) is 5.32 Å². The van der Waals surface area contributed by atoms with E-state index in [1.807, 2.05) is 0 Å². The van der Waals surface area contributed by atoms with E-state index < -0.39 is 5.91 Å². The second-order valence-electron chi connectivity index (χ2n) is 5.07. The van der Waals surface area contributed by atoms with E-state index >= 15 is 0 Å². The molecule has 3 rings (SSSR count). The molecule has 0 bridgehead atoms. The Morgan fingerprint density at radius 3 is 2.71 bits per heavy atom. The lowest BCUT2D eigenvalue weighted by Crippen LogP contribution is -2.13. The van der Waals surface area contributed by atoms with Gasteiger partial charge in [-0.05, 0) is 24.3 Å². The van der Waals surface area contributed by atoms with Crippen molar-refractivity contribution in [3.8, 4) is 0 Å². The van der Waals surface area contributed by atoms with E-state index in [4.69, 9.17) is 23.2 Å². The van der Waals surface area contributed by atoms with Crippen LogP contribution in [0.2, 0.25) is 10.0 Å². The minimum absolute atomic E-state index is 0.255. The Balaban J connectivity index is 1.72. The molecule has 0 aliphatic rings. The zero-order valence-electron chi connectivity index (χ0n) is 12.3. The Morgan fingerprint density at radius 1 is 1.17 bits per heavy atom. The van der Waals surface area contributed by atoms with Crippen LogP contribution in [0.5, 0.6) is 0 Å². The Morgan fingerprint density at radius 2 is 1.96 bits per heavy atom. The Kier molecular flexibility index (Phi) is 4.83. The van der Waals surface area contributed by atoms with E-state index in [9.17, 15) is 9.18 Å². The monoisotopic (exact) mass is 363 g/mol. The lowest BCUT2D eigenvalue weighted by molar-refractivity contribution is 0.102. The fourth-order valence-corrected chi connectivity index (χ4v) is 2.67. The largest absolute Gasteiger partial charge is 0.305 e. The molecule has 122 valence electrons. The molecule has 0 radical (unpaired) electrons. The van der Waals surface area contributed by atoms with E-state index in [-0.39, 0.29) is 17.4 Å². The summed E-state index contributed by atoms with van der Waals surface area (Å²) < 4.78 is 15.2. The maximum Gasteiger partial charge on any atom is 0.258 e. The highest BCUT2D eigenvalue weighted by atomic mass is 35.5. The van der Waals surface area contributed by atoms with Crippen molar-refractivity contribution in [1.29, 1.82) is 0 Å². The normalized spacial score (nSPS) is 10.6. The Labute approximate surface area is 147 Å². The summed E-state index contributed by atoms with van der Waals surface area (Å²) in [6.45, 7) is 0.268. The summed E-state index contributed by atoms with van der Waals surface area (Å²) in [5.41, 5.74) is 0.809. The second kappa shape index (κ2) is 7.03. The molecule has 0 saturated heterocycles. The van der Waals surface area contributed by atoms with Gasteiger partial charge in [-0.2, -0.15) is 5.10 Å². The smallest absolute Gasteiger partial charge is 0.258 e. The van der Waals surface area contributed by atoms with Crippen molar-refractivity contribution >= 4 is 34.9 Å². The molecule has 24 heavy (non-hydrogen) atoms. The number of hydrogen-bond acceptors (Lipinski definition) is 2. The number of hydrogen-bond donors (Lipinski definition) is 1. The first-order chi connectivity index (χ1) is 11.5. The lowest BCUT2D eigenvalue weighted by atomic mass is 10.2. The van der Waals surface area contributed by atoms with Gasteiger partial charge in [-0.1, -0.05) is 41.4 Å². The fourth-order valence-electron chi connectivity index (χ4n) is 2.17.